The van der Waals surface area contributed by atoms with Gasteiger partial charge in [-0.1, -0.05) is 18.2 Å². The molecule has 6 heteroatoms. The quantitative estimate of drug-likeness (QED) is 0.748. The highest BCUT2D eigenvalue weighted by molar-refractivity contribution is 6.62. The summed E-state index contributed by atoms with van der Waals surface area (Å²) in [6.45, 7) is 7.73. The fourth-order valence-corrected chi connectivity index (χ4v) is 2.88. The first-order valence-corrected chi connectivity index (χ1v) is 7.45. The average Bonchev–Trinajstić information content (AvgIpc) is 2.63. The number of fused-ring (bicyclic) bond motifs is 1. The predicted octanol–water partition coefficient (Wildman–Crippen LogP) is 2.75. The zero-order chi connectivity index (χ0) is 16.3. The number of hydrogen-bond donors (Lipinski definition) is 0. The van der Waals surface area contributed by atoms with E-state index in [-0.39, 0.29) is 12.0 Å². The van der Waals surface area contributed by atoms with E-state index in [2.05, 4.69) is 0 Å². The van der Waals surface area contributed by atoms with E-state index < -0.39 is 36.4 Å². The number of Topliss-reactive ketones (excluding diaryl/α,β-unsaturated/α-hetero) is 1. The summed E-state index contributed by atoms with van der Waals surface area (Å²) in [6.07, 6.45) is -0.316. The van der Waals surface area contributed by atoms with Gasteiger partial charge >= 0.3 is 13.0 Å². The van der Waals surface area contributed by atoms with Gasteiger partial charge in [0.1, 0.15) is 0 Å². The van der Waals surface area contributed by atoms with Gasteiger partial charge in [-0.25, -0.2) is 0 Å². The van der Waals surface area contributed by atoms with Gasteiger partial charge in [0.15, 0.2) is 0 Å². The molecule has 0 bridgehead atoms. The number of ketones is 1. The Morgan fingerprint density at radius 3 is 2.27 bits per heavy atom. The number of halogens is 2. The van der Waals surface area contributed by atoms with Gasteiger partial charge in [0.05, 0.1) is 11.2 Å². The second-order valence-electron chi connectivity index (χ2n) is 7.00. The number of rotatable bonds is 1. The lowest BCUT2D eigenvalue weighted by atomic mass is 9.71. The van der Waals surface area contributed by atoms with Crippen LogP contribution in [0.2, 0.25) is 0 Å². The summed E-state index contributed by atoms with van der Waals surface area (Å²) in [7, 11) is -0.639. The van der Waals surface area contributed by atoms with E-state index in [1.165, 1.54) is 6.07 Å². The third-order valence-electron chi connectivity index (χ3n) is 4.99. The average molecular weight is 308 g/mol. The molecule has 0 atom stereocenters. The molecular formula is C16H19BF2O3. The minimum Gasteiger partial charge on any atom is -0.399 e. The Kier molecular flexibility index (Phi) is 3.28. The van der Waals surface area contributed by atoms with Gasteiger partial charge in [-0.2, -0.15) is 8.78 Å². The summed E-state index contributed by atoms with van der Waals surface area (Å²) in [5.41, 5.74) is 0.367. The zero-order valence-electron chi connectivity index (χ0n) is 13.2. The van der Waals surface area contributed by atoms with E-state index in [0.717, 1.165) is 0 Å². The monoisotopic (exact) mass is 308 g/mol. The maximum Gasteiger partial charge on any atom is 0.495 e. The normalized spacial score (nSPS) is 25.2. The number of benzene rings is 1. The minimum atomic E-state index is -3.28. The van der Waals surface area contributed by atoms with Crippen molar-refractivity contribution in [3.05, 3.63) is 29.3 Å². The van der Waals surface area contributed by atoms with Gasteiger partial charge in [0, 0.05) is 12.0 Å². The van der Waals surface area contributed by atoms with Gasteiger partial charge in [0.2, 0.25) is 5.78 Å². The van der Waals surface area contributed by atoms with Crippen LogP contribution in [0.3, 0.4) is 0 Å². The second kappa shape index (κ2) is 4.62. The largest absolute Gasteiger partial charge is 0.495 e. The first-order chi connectivity index (χ1) is 10.1. The summed E-state index contributed by atoms with van der Waals surface area (Å²) in [5, 5.41) is 0. The van der Waals surface area contributed by atoms with Crippen LogP contribution in [0.4, 0.5) is 8.78 Å². The summed E-state index contributed by atoms with van der Waals surface area (Å²) >= 11 is 0. The van der Waals surface area contributed by atoms with E-state index >= 15 is 0 Å². The van der Waals surface area contributed by atoms with Crippen molar-refractivity contribution in [3.63, 3.8) is 0 Å². The molecule has 0 radical (unpaired) electrons. The van der Waals surface area contributed by atoms with Crippen LogP contribution in [0.1, 0.15) is 50.0 Å². The molecule has 2 aliphatic rings. The summed E-state index contributed by atoms with van der Waals surface area (Å²) < 4.78 is 39.2. The SMILES string of the molecule is CC1(C)OB(c2cccc3c2CCC(F)(F)C3=O)OC1(C)C. The maximum absolute atomic E-state index is 13.6. The molecule has 3 nitrogen and oxygen atoms in total. The van der Waals surface area contributed by atoms with Crippen molar-refractivity contribution in [3.8, 4) is 0 Å². The fraction of sp³-hybridized carbons (Fsp3) is 0.562. The van der Waals surface area contributed by atoms with E-state index in [4.69, 9.17) is 9.31 Å². The van der Waals surface area contributed by atoms with Crippen LogP contribution < -0.4 is 5.46 Å². The Morgan fingerprint density at radius 1 is 1.09 bits per heavy atom. The predicted molar refractivity (Wildman–Crippen MR) is 79.8 cm³/mol. The van der Waals surface area contributed by atoms with Crippen molar-refractivity contribution >= 4 is 18.4 Å². The van der Waals surface area contributed by atoms with Crippen LogP contribution >= 0.6 is 0 Å². The van der Waals surface area contributed by atoms with Crippen molar-refractivity contribution in [2.45, 2.75) is 57.7 Å². The highest BCUT2D eigenvalue weighted by Crippen LogP contribution is 2.38. The highest BCUT2D eigenvalue weighted by Gasteiger charge is 2.53. The molecule has 0 unspecified atom stereocenters. The number of carbonyl (C=O) groups is 1. The van der Waals surface area contributed by atoms with Crippen LogP contribution in [0.15, 0.2) is 18.2 Å². The first-order valence-electron chi connectivity index (χ1n) is 7.45. The molecule has 1 aromatic carbocycles. The van der Waals surface area contributed by atoms with Crippen LogP contribution in [0, 0.1) is 0 Å². The number of alkyl halides is 2. The molecule has 118 valence electrons. The van der Waals surface area contributed by atoms with E-state index in [1.54, 1.807) is 12.1 Å². The van der Waals surface area contributed by atoms with Crippen LogP contribution in [0.5, 0.6) is 0 Å². The highest BCUT2D eigenvalue weighted by atomic mass is 19.3. The van der Waals surface area contributed by atoms with Crippen LogP contribution in [-0.4, -0.2) is 30.0 Å². The molecule has 22 heavy (non-hydrogen) atoms. The van der Waals surface area contributed by atoms with Crippen molar-refractivity contribution in [2.75, 3.05) is 0 Å². The molecule has 0 saturated carbocycles. The number of carbonyl (C=O) groups excluding carboxylic acids is 1. The van der Waals surface area contributed by atoms with Crippen molar-refractivity contribution < 1.29 is 22.9 Å². The molecule has 1 aliphatic heterocycles. The maximum atomic E-state index is 13.6. The second-order valence-corrected chi connectivity index (χ2v) is 7.00. The lowest BCUT2D eigenvalue weighted by molar-refractivity contribution is 0.00209. The minimum absolute atomic E-state index is 0.0865. The molecule has 1 saturated heterocycles. The lowest BCUT2D eigenvalue weighted by Gasteiger charge is -2.32. The van der Waals surface area contributed by atoms with Gasteiger partial charge < -0.3 is 9.31 Å². The van der Waals surface area contributed by atoms with Gasteiger partial charge in [-0.3, -0.25) is 4.79 Å². The van der Waals surface area contributed by atoms with E-state index in [9.17, 15) is 13.6 Å². The molecule has 3 rings (SSSR count). The van der Waals surface area contributed by atoms with Crippen LogP contribution in [0.25, 0.3) is 0 Å². The van der Waals surface area contributed by atoms with Crippen molar-refractivity contribution in [1.82, 2.24) is 0 Å². The summed E-state index contributed by atoms with van der Waals surface area (Å²) in [4.78, 5) is 11.9. The first kappa shape index (κ1) is 15.6. The van der Waals surface area contributed by atoms with Crippen LogP contribution in [-0.2, 0) is 15.7 Å². The molecule has 0 N–H and O–H groups in total. The number of hydrogen-bond acceptors (Lipinski definition) is 3. The topological polar surface area (TPSA) is 35.5 Å². The van der Waals surface area contributed by atoms with Crippen molar-refractivity contribution in [2.24, 2.45) is 0 Å². The molecule has 0 aromatic heterocycles. The van der Waals surface area contributed by atoms with Gasteiger partial charge in [-0.05, 0) is 45.1 Å². The zero-order valence-corrected chi connectivity index (χ0v) is 13.2. The summed E-state index contributed by atoms with van der Waals surface area (Å²) in [5.74, 6) is -4.38. The lowest BCUT2D eigenvalue weighted by Crippen LogP contribution is -2.42. The van der Waals surface area contributed by atoms with Gasteiger partial charge in [-0.15, -0.1) is 0 Å². The fourth-order valence-electron chi connectivity index (χ4n) is 2.88. The van der Waals surface area contributed by atoms with Crippen molar-refractivity contribution in [1.29, 1.82) is 0 Å². The summed E-state index contributed by atoms with van der Waals surface area (Å²) in [6, 6.07) is 4.86. The smallest absolute Gasteiger partial charge is 0.399 e. The molecule has 1 aliphatic carbocycles. The molecule has 1 fully saturated rings. The Balaban J connectivity index is 2.02. The molecular weight excluding hydrogens is 289 g/mol. The Hall–Kier alpha value is -1.27. The van der Waals surface area contributed by atoms with E-state index in [0.29, 0.717) is 11.0 Å². The van der Waals surface area contributed by atoms with Gasteiger partial charge in [0.25, 0.3) is 0 Å². The standard InChI is InChI=1S/C16H19BF2O3/c1-14(2)15(3,4)22-17(21-14)12-7-5-6-11-10(12)8-9-16(18,19)13(11)20/h5-7H,8-9H2,1-4H3. The third-order valence-corrected chi connectivity index (χ3v) is 4.99. The Bertz CT molecular complexity index is 624. The molecule has 0 spiro atoms. The Morgan fingerprint density at radius 2 is 1.68 bits per heavy atom. The molecule has 1 heterocycles. The molecule has 0 amide bonds. The van der Waals surface area contributed by atoms with E-state index in [1.807, 2.05) is 27.7 Å². The third kappa shape index (κ3) is 2.20. The molecule has 1 aromatic rings. The Labute approximate surface area is 129 Å².